The number of aromatic nitrogens is 2. The largest absolute Gasteiger partial charge is 0.711 e. The summed E-state index contributed by atoms with van der Waals surface area (Å²) in [6, 6.07) is 4.86. The van der Waals surface area contributed by atoms with Crippen molar-refractivity contribution in [3.63, 3.8) is 0 Å². The van der Waals surface area contributed by atoms with E-state index in [0.29, 0.717) is 16.1 Å². The summed E-state index contributed by atoms with van der Waals surface area (Å²) in [7, 11) is 0. The first-order chi connectivity index (χ1) is 8.18. The first kappa shape index (κ1) is 10.8. The zero-order chi connectivity index (χ0) is 12.3. The van der Waals surface area contributed by atoms with E-state index in [1.165, 1.54) is 18.5 Å². The quantitative estimate of drug-likeness (QED) is 0.459. The summed E-state index contributed by atoms with van der Waals surface area (Å²) in [5.41, 5.74) is 12.2. The van der Waals surface area contributed by atoms with Crippen LogP contribution in [0.15, 0.2) is 47.0 Å². The van der Waals surface area contributed by atoms with Crippen molar-refractivity contribution in [2.75, 3.05) is 11.5 Å². The van der Waals surface area contributed by atoms with Gasteiger partial charge in [0.05, 0.1) is 18.1 Å². The number of nitrogen functional groups attached to an aromatic ring is 2. The average Bonchev–Trinajstić information content (AvgIpc) is 2.35. The molecule has 0 fully saturated rings. The summed E-state index contributed by atoms with van der Waals surface area (Å²) in [5.74, 6) is -0.0855. The smallest absolute Gasteiger partial charge is 0.305 e. The number of hydrogen-bond donors (Lipinski definition) is 2. The van der Waals surface area contributed by atoms with Crippen LogP contribution < -0.4 is 16.2 Å². The molecule has 7 nitrogen and oxygen atoms in total. The second-order valence-electron chi connectivity index (χ2n) is 3.24. The monoisotopic (exact) mass is 230 g/mol. The Morgan fingerprint density at radius 3 is 2.76 bits per heavy atom. The van der Waals surface area contributed by atoms with Gasteiger partial charge in [0.25, 0.3) is 0 Å². The van der Waals surface area contributed by atoms with Crippen molar-refractivity contribution in [3.05, 3.63) is 42.0 Å². The highest BCUT2D eigenvalue weighted by Gasteiger charge is 2.10. The van der Waals surface area contributed by atoms with E-state index in [-0.39, 0.29) is 11.5 Å². The van der Waals surface area contributed by atoms with Crippen molar-refractivity contribution in [2.45, 2.75) is 0 Å². The number of nitrogens with two attached hydrogens (primary N) is 2. The molecule has 2 heterocycles. The van der Waals surface area contributed by atoms with Crippen molar-refractivity contribution in [1.82, 2.24) is 4.98 Å². The highest BCUT2D eigenvalue weighted by atomic mass is 16.5. The lowest BCUT2D eigenvalue weighted by Gasteiger charge is -2.06. The third-order valence-electron chi connectivity index (χ3n) is 2.05. The van der Waals surface area contributed by atoms with Gasteiger partial charge in [-0.2, -0.15) is 0 Å². The van der Waals surface area contributed by atoms with Gasteiger partial charge in [0.15, 0.2) is 5.69 Å². The van der Waals surface area contributed by atoms with Crippen LogP contribution in [0.2, 0.25) is 0 Å². The van der Waals surface area contributed by atoms with Gasteiger partial charge in [-0.15, -0.1) is 10.2 Å². The molecule has 2 rings (SSSR count). The Kier molecular flexibility index (Phi) is 2.82. The molecule has 0 unspecified atom stereocenters. The molecule has 2 aromatic rings. The SMILES string of the molecule is Nc1cc[n+]([O-])c(N)c1N=Nc1cccnc1. The van der Waals surface area contributed by atoms with Crippen molar-refractivity contribution in [2.24, 2.45) is 10.2 Å². The molecule has 2 aromatic heterocycles. The number of hydrogen-bond acceptors (Lipinski definition) is 6. The van der Waals surface area contributed by atoms with Crippen LogP contribution in [0.3, 0.4) is 0 Å². The zero-order valence-corrected chi connectivity index (χ0v) is 8.82. The molecule has 7 heteroatoms. The number of azo groups is 1. The molecule has 0 aromatic carbocycles. The van der Waals surface area contributed by atoms with Crippen LogP contribution in [0.4, 0.5) is 22.9 Å². The lowest BCUT2D eigenvalue weighted by atomic mass is 10.3. The molecule has 0 saturated carbocycles. The Hall–Kier alpha value is -2.70. The lowest BCUT2D eigenvalue weighted by molar-refractivity contribution is -0.589. The molecule has 0 aliphatic heterocycles. The molecule has 0 atom stereocenters. The van der Waals surface area contributed by atoms with E-state index < -0.39 is 0 Å². The fourth-order valence-corrected chi connectivity index (χ4v) is 1.19. The summed E-state index contributed by atoms with van der Waals surface area (Å²) in [5, 5.41) is 19.0. The number of rotatable bonds is 2. The average molecular weight is 230 g/mol. The molecule has 0 saturated heterocycles. The van der Waals surface area contributed by atoms with E-state index in [4.69, 9.17) is 11.5 Å². The maximum atomic E-state index is 11.2. The summed E-state index contributed by atoms with van der Waals surface area (Å²) >= 11 is 0. The topological polar surface area (TPSA) is 117 Å². The van der Waals surface area contributed by atoms with Gasteiger partial charge in [-0.1, -0.05) is 0 Å². The van der Waals surface area contributed by atoms with Gasteiger partial charge in [0, 0.05) is 12.3 Å². The van der Waals surface area contributed by atoms with Crippen LogP contribution in [-0.2, 0) is 0 Å². The summed E-state index contributed by atoms with van der Waals surface area (Å²) in [4.78, 5) is 3.88. The minimum absolute atomic E-state index is 0.0855. The van der Waals surface area contributed by atoms with Gasteiger partial charge in [-0.3, -0.25) is 10.7 Å². The standard InChI is InChI=1S/C10H10N6O/c11-8-3-5-16(17)10(12)9(8)15-14-7-2-1-4-13-6-7/h1-6H,11-12H2. The molecule has 17 heavy (non-hydrogen) atoms. The predicted molar refractivity (Wildman–Crippen MR) is 62.6 cm³/mol. The van der Waals surface area contributed by atoms with Crippen LogP contribution in [-0.4, -0.2) is 4.98 Å². The molecule has 0 aliphatic carbocycles. The van der Waals surface area contributed by atoms with E-state index >= 15 is 0 Å². The van der Waals surface area contributed by atoms with E-state index in [2.05, 4.69) is 15.2 Å². The molecule has 0 amide bonds. The molecular weight excluding hydrogens is 220 g/mol. The summed E-state index contributed by atoms with van der Waals surface area (Å²) in [6.07, 6.45) is 4.37. The van der Waals surface area contributed by atoms with E-state index in [0.717, 1.165) is 0 Å². The second-order valence-corrected chi connectivity index (χ2v) is 3.24. The maximum Gasteiger partial charge on any atom is 0.305 e. The third kappa shape index (κ3) is 2.28. The molecule has 4 N–H and O–H groups in total. The molecule has 0 spiro atoms. The highest BCUT2D eigenvalue weighted by molar-refractivity contribution is 5.70. The van der Waals surface area contributed by atoms with E-state index in [1.54, 1.807) is 18.3 Å². The lowest BCUT2D eigenvalue weighted by Crippen LogP contribution is -2.29. The highest BCUT2D eigenvalue weighted by Crippen LogP contribution is 2.27. The summed E-state index contributed by atoms with van der Waals surface area (Å²) in [6.45, 7) is 0. The second kappa shape index (κ2) is 4.44. The van der Waals surface area contributed by atoms with E-state index in [9.17, 15) is 5.21 Å². The number of pyridine rings is 2. The van der Waals surface area contributed by atoms with Crippen molar-refractivity contribution in [1.29, 1.82) is 0 Å². The van der Waals surface area contributed by atoms with Gasteiger partial charge >= 0.3 is 5.82 Å². The first-order valence-electron chi connectivity index (χ1n) is 4.77. The first-order valence-corrected chi connectivity index (χ1v) is 4.77. The number of nitrogens with zero attached hydrogens (tertiary/aromatic N) is 4. The van der Waals surface area contributed by atoms with E-state index in [1.807, 2.05) is 0 Å². The Morgan fingerprint density at radius 2 is 2.06 bits per heavy atom. The van der Waals surface area contributed by atoms with Crippen LogP contribution in [0, 0.1) is 5.21 Å². The van der Waals surface area contributed by atoms with Gasteiger partial charge in [0.1, 0.15) is 5.69 Å². The molecular formula is C10H10N6O. The van der Waals surface area contributed by atoms with Crippen LogP contribution in [0.25, 0.3) is 0 Å². The predicted octanol–water partition coefficient (Wildman–Crippen LogP) is 1.29. The maximum absolute atomic E-state index is 11.2. The molecule has 0 bridgehead atoms. The van der Waals surface area contributed by atoms with Crippen molar-refractivity contribution >= 4 is 22.9 Å². The number of anilines is 2. The third-order valence-corrected chi connectivity index (χ3v) is 2.05. The summed E-state index contributed by atoms with van der Waals surface area (Å²) < 4.78 is 0.480. The van der Waals surface area contributed by atoms with Crippen LogP contribution in [0.1, 0.15) is 0 Å². The molecule has 0 radical (unpaired) electrons. The van der Waals surface area contributed by atoms with Gasteiger partial charge in [-0.25, -0.2) is 4.73 Å². The van der Waals surface area contributed by atoms with Gasteiger partial charge in [-0.05, 0) is 12.1 Å². The Labute approximate surface area is 97.0 Å². The fraction of sp³-hybridized carbons (Fsp3) is 0. The van der Waals surface area contributed by atoms with Crippen molar-refractivity contribution < 1.29 is 4.73 Å². The molecule has 86 valence electrons. The zero-order valence-electron chi connectivity index (χ0n) is 8.82. The van der Waals surface area contributed by atoms with Crippen molar-refractivity contribution in [3.8, 4) is 0 Å². The van der Waals surface area contributed by atoms with Gasteiger partial charge in [0.2, 0.25) is 0 Å². The normalized spacial score (nSPS) is 10.8. The van der Waals surface area contributed by atoms with Crippen LogP contribution >= 0.6 is 0 Å². The fourth-order valence-electron chi connectivity index (χ4n) is 1.19. The minimum Gasteiger partial charge on any atom is -0.711 e. The Morgan fingerprint density at radius 1 is 1.24 bits per heavy atom. The molecule has 0 aliphatic rings. The Bertz CT molecular complexity index is 554. The minimum atomic E-state index is -0.0855. The Balaban J connectivity index is 2.37. The van der Waals surface area contributed by atoms with Gasteiger partial charge < -0.3 is 10.9 Å². The van der Waals surface area contributed by atoms with Crippen LogP contribution in [0.5, 0.6) is 0 Å².